The molecule has 0 saturated carbocycles. The predicted octanol–water partition coefficient (Wildman–Crippen LogP) is 2.74. The number of benzene rings is 1. The number of rotatable bonds is 4. The zero-order valence-corrected chi connectivity index (χ0v) is 16.2. The van der Waals surface area contributed by atoms with Crippen LogP contribution < -0.4 is 9.64 Å². The van der Waals surface area contributed by atoms with E-state index >= 15 is 0 Å². The Labute approximate surface area is 164 Å². The summed E-state index contributed by atoms with van der Waals surface area (Å²) in [5.41, 5.74) is 3.77. The Hall–Kier alpha value is -2.51. The molecular weight excluding hydrogens is 356 g/mol. The van der Waals surface area contributed by atoms with Crippen LogP contribution in [0.25, 0.3) is 0 Å². The van der Waals surface area contributed by atoms with Crippen LogP contribution in [0.5, 0.6) is 5.75 Å². The molecular formula is C21H24N4O3. The summed E-state index contributed by atoms with van der Waals surface area (Å²) in [6.45, 7) is 7.26. The van der Waals surface area contributed by atoms with Gasteiger partial charge in [0.1, 0.15) is 24.0 Å². The molecule has 0 aliphatic carbocycles. The first-order valence-corrected chi connectivity index (χ1v) is 9.86. The van der Waals surface area contributed by atoms with Crippen LogP contribution in [0.2, 0.25) is 0 Å². The Bertz CT molecular complexity index is 900. The highest BCUT2D eigenvalue weighted by Gasteiger charge is 2.27. The molecule has 7 nitrogen and oxygen atoms in total. The van der Waals surface area contributed by atoms with E-state index in [2.05, 4.69) is 39.8 Å². The average molecular weight is 380 g/mol. The molecule has 2 fully saturated rings. The fourth-order valence-electron chi connectivity index (χ4n) is 4.01. The largest absolute Gasteiger partial charge is 0.488 e. The van der Waals surface area contributed by atoms with Crippen LogP contribution in [0.1, 0.15) is 31.5 Å². The molecule has 0 N–H and O–H groups in total. The highest BCUT2D eigenvalue weighted by atomic mass is 16.5. The summed E-state index contributed by atoms with van der Waals surface area (Å²) in [5.74, 6) is 1.77. The molecule has 3 aliphatic heterocycles. The van der Waals surface area contributed by atoms with Crippen molar-refractivity contribution in [3.8, 4) is 5.75 Å². The Morgan fingerprint density at radius 3 is 2.75 bits per heavy atom. The molecule has 2 saturated heterocycles. The molecule has 4 heterocycles. The molecule has 7 heteroatoms. The topological polar surface area (TPSA) is 69.1 Å². The Balaban J connectivity index is 1.36. The minimum atomic E-state index is 0.134. The van der Waals surface area contributed by atoms with Crippen LogP contribution >= 0.6 is 0 Å². The molecule has 28 heavy (non-hydrogen) atoms. The van der Waals surface area contributed by atoms with Crippen molar-refractivity contribution in [2.45, 2.75) is 38.6 Å². The zero-order chi connectivity index (χ0) is 19.1. The van der Waals surface area contributed by atoms with E-state index in [1.54, 1.807) is 6.33 Å². The van der Waals surface area contributed by atoms with Gasteiger partial charge in [0.15, 0.2) is 0 Å². The summed E-state index contributed by atoms with van der Waals surface area (Å²) < 4.78 is 17.3. The van der Waals surface area contributed by atoms with E-state index in [0.717, 1.165) is 60.3 Å². The van der Waals surface area contributed by atoms with Crippen molar-refractivity contribution in [3.63, 3.8) is 0 Å². The zero-order valence-electron chi connectivity index (χ0n) is 16.2. The number of fused-ring (bicyclic) bond motifs is 1. The van der Waals surface area contributed by atoms with Gasteiger partial charge in [0.25, 0.3) is 0 Å². The number of aromatic nitrogens is 2. The van der Waals surface area contributed by atoms with E-state index in [0.29, 0.717) is 6.61 Å². The second-order valence-corrected chi connectivity index (χ2v) is 7.67. The van der Waals surface area contributed by atoms with Crippen LogP contribution in [-0.4, -0.2) is 60.3 Å². The van der Waals surface area contributed by atoms with Crippen molar-refractivity contribution in [2.24, 2.45) is 4.99 Å². The van der Waals surface area contributed by atoms with Gasteiger partial charge in [-0.05, 0) is 32.0 Å². The summed E-state index contributed by atoms with van der Waals surface area (Å²) in [7, 11) is 0. The van der Waals surface area contributed by atoms with E-state index in [-0.39, 0.29) is 18.3 Å². The smallest absolute Gasteiger partial charge is 0.132 e. The lowest BCUT2D eigenvalue weighted by Gasteiger charge is -2.36. The number of aliphatic imine (C=N–C) groups is 1. The molecule has 1 aromatic carbocycles. The van der Waals surface area contributed by atoms with E-state index in [1.807, 2.05) is 18.2 Å². The monoisotopic (exact) mass is 380 g/mol. The first-order chi connectivity index (χ1) is 13.7. The van der Waals surface area contributed by atoms with Gasteiger partial charge in [-0.3, -0.25) is 0 Å². The summed E-state index contributed by atoms with van der Waals surface area (Å²) in [6, 6.07) is 8.04. The van der Waals surface area contributed by atoms with Crippen LogP contribution in [0.3, 0.4) is 0 Å². The van der Waals surface area contributed by atoms with Crippen molar-refractivity contribution >= 4 is 17.2 Å². The van der Waals surface area contributed by atoms with Gasteiger partial charge >= 0.3 is 0 Å². The van der Waals surface area contributed by atoms with Crippen LogP contribution in [0.15, 0.2) is 35.6 Å². The summed E-state index contributed by atoms with van der Waals surface area (Å²) >= 11 is 0. The fraction of sp³-hybridized carbons (Fsp3) is 0.476. The van der Waals surface area contributed by atoms with Crippen molar-refractivity contribution in [2.75, 3.05) is 31.2 Å². The molecule has 0 spiro atoms. The molecule has 3 atom stereocenters. The molecule has 5 rings (SSSR count). The summed E-state index contributed by atoms with van der Waals surface area (Å²) in [4.78, 5) is 15.8. The average Bonchev–Trinajstić information content (AvgIpc) is 3.16. The molecule has 1 aromatic heterocycles. The van der Waals surface area contributed by atoms with Crippen molar-refractivity contribution in [1.29, 1.82) is 0 Å². The normalized spacial score (nSPS) is 26.4. The van der Waals surface area contributed by atoms with Crippen molar-refractivity contribution in [1.82, 2.24) is 9.97 Å². The predicted molar refractivity (Wildman–Crippen MR) is 106 cm³/mol. The van der Waals surface area contributed by atoms with Crippen LogP contribution in [0, 0.1) is 0 Å². The maximum absolute atomic E-state index is 6.04. The maximum atomic E-state index is 6.04. The van der Waals surface area contributed by atoms with E-state index in [9.17, 15) is 0 Å². The Kier molecular flexibility index (Phi) is 4.49. The minimum Gasteiger partial charge on any atom is -0.488 e. The number of hydrogen-bond acceptors (Lipinski definition) is 7. The first-order valence-electron chi connectivity index (χ1n) is 9.86. The molecule has 0 bridgehead atoms. The molecule has 146 valence electrons. The summed E-state index contributed by atoms with van der Waals surface area (Å²) in [6.07, 6.45) is 3.05. The van der Waals surface area contributed by atoms with Gasteiger partial charge in [-0.25, -0.2) is 15.0 Å². The lowest BCUT2D eigenvalue weighted by Crippen LogP contribution is -2.45. The standard InChI is InChI=1S/C21H24N4O3/c1-13-9-25(10-14(2)27-13)20-8-19(22-12-23-20)21-17-7-15(3-4-18(17)24-21)28-16-5-6-26-11-16/h3-4,7-8,12-14,16H,5-6,9-11H2,1-2H3. The van der Waals surface area contributed by atoms with E-state index in [4.69, 9.17) is 14.2 Å². The summed E-state index contributed by atoms with van der Waals surface area (Å²) in [5, 5.41) is 0. The number of ether oxygens (including phenoxy) is 3. The Morgan fingerprint density at radius 2 is 1.96 bits per heavy atom. The molecule has 0 radical (unpaired) electrons. The van der Waals surface area contributed by atoms with Gasteiger partial charge in [0, 0.05) is 31.1 Å². The van der Waals surface area contributed by atoms with Gasteiger partial charge in [-0.2, -0.15) is 0 Å². The van der Waals surface area contributed by atoms with Crippen LogP contribution in [0.4, 0.5) is 11.5 Å². The molecule has 3 aliphatic rings. The second-order valence-electron chi connectivity index (χ2n) is 7.67. The SMILES string of the molecule is CC1CN(c2cc(C3=Nc4ccc(OC5CCOC5)cc43)ncn2)CC(C)O1. The van der Waals surface area contributed by atoms with Gasteiger partial charge < -0.3 is 19.1 Å². The maximum Gasteiger partial charge on any atom is 0.132 e. The van der Waals surface area contributed by atoms with Crippen molar-refractivity contribution in [3.05, 3.63) is 41.9 Å². The fourth-order valence-corrected chi connectivity index (χ4v) is 4.01. The highest BCUT2D eigenvalue weighted by Crippen LogP contribution is 2.36. The number of anilines is 1. The van der Waals surface area contributed by atoms with Crippen molar-refractivity contribution < 1.29 is 14.2 Å². The van der Waals surface area contributed by atoms with Gasteiger partial charge in [0.2, 0.25) is 0 Å². The first kappa shape index (κ1) is 17.6. The van der Waals surface area contributed by atoms with Gasteiger partial charge in [-0.1, -0.05) is 0 Å². The van der Waals surface area contributed by atoms with E-state index in [1.165, 1.54) is 0 Å². The van der Waals surface area contributed by atoms with E-state index < -0.39 is 0 Å². The molecule has 2 aromatic rings. The molecule has 3 unspecified atom stereocenters. The van der Waals surface area contributed by atoms with Crippen LogP contribution in [-0.2, 0) is 9.47 Å². The minimum absolute atomic E-state index is 0.134. The third kappa shape index (κ3) is 3.36. The second kappa shape index (κ2) is 7.14. The number of nitrogens with zero attached hydrogens (tertiary/aromatic N) is 4. The third-order valence-electron chi connectivity index (χ3n) is 5.28. The molecule has 0 amide bonds. The number of hydrogen-bond donors (Lipinski definition) is 0. The van der Waals surface area contributed by atoms with Gasteiger partial charge in [0.05, 0.1) is 42.5 Å². The Morgan fingerprint density at radius 1 is 1.11 bits per heavy atom. The quantitative estimate of drug-likeness (QED) is 0.693. The number of morpholine rings is 1. The lowest BCUT2D eigenvalue weighted by atomic mass is 9.98. The lowest BCUT2D eigenvalue weighted by molar-refractivity contribution is -0.00546. The third-order valence-corrected chi connectivity index (χ3v) is 5.28. The van der Waals surface area contributed by atoms with Gasteiger partial charge in [-0.15, -0.1) is 0 Å². The highest BCUT2D eigenvalue weighted by molar-refractivity contribution is 6.21.